The van der Waals surface area contributed by atoms with E-state index >= 15 is 0 Å². The molecule has 0 saturated carbocycles. The molecule has 0 aromatic heterocycles. The predicted octanol–water partition coefficient (Wildman–Crippen LogP) is 1.21. The highest BCUT2D eigenvalue weighted by Crippen LogP contribution is 2.24. The summed E-state index contributed by atoms with van der Waals surface area (Å²) in [6.07, 6.45) is 3.02. The van der Waals surface area contributed by atoms with Crippen molar-refractivity contribution in [3.05, 3.63) is 0 Å². The molecular formula is C12H24N2O3S. The van der Waals surface area contributed by atoms with Crippen LogP contribution >= 0.6 is 0 Å². The monoisotopic (exact) mass is 276 g/mol. The zero-order valence-corrected chi connectivity index (χ0v) is 12.3. The number of ether oxygens (including phenoxy) is 1. The Labute approximate surface area is 110 Å². The van der Waals surface area contributed by atoms with Gasteiger partial charge in [0.25, 0.3) is 10.2 Å². The van der Waals surface area contributed by atoms with E-state index < -0.39 is 10.2 Å². The lowest BCUT2D eigenvalue weighted by atomic mass is 10.1. The van der Waals surface area contributed by atoms with Crippen molar-refractivity contribution in [1.29, 1.82) is 0 Å². The van der Waals surface area contributed by atoms with Crippen molar-refractivity contribution in [1.82, 2.24) is 8.61 Å². The van der Waals surface area contributed by atoms with Gasteiger partial charge < -0.3 is 4.74 Å². The topological polar surface area (TPSA) is 49.9 Å². The molecule has 0 aromatic carbocycles. The lowest BCUT2D eigenvalue weighted by Gasteiger charge is -2.40. The molecule has 2 rings (SSSR count). The molecule has 2 aliphatic rings. The first-order valence-corrected chi connectivity index (χ1v) is 8.23. The Morgan fingerprint density at radius 1 is 1.06 bits per heavy atom. The summed E-state index contributed by atoms with van der Waals surface area (Å²) in [6.45, 7) is 7.45. The van der Waals surface area contributed by atoms with Crippen LogP contribution in [0.1, 0.15) is 40.0 Å². The van der Waals surface area contributed by atoms with E-state index in [1.807, 2.05) is 20.8 Å². The lowest BCUT2D eigenvalue weighted by Crippen LogP contribution is -2.55. The van der Waals surface area contributed by atoms with Crippen molar-refractivity contribution in [2.75, 3.05) is 19.6 Å². The van der Waals surface area contributed by atoms with Crippen LogP contribution in [0, 0.1) is 0 Å². The molecule has 0 aromatic rings. The first kappa shape index (κ1) is 14.2. The van der Waals surface area contributed by atoms with Crippen molar-refractivity contribution in [3.8, 4) is 0 Å². The third-order valence-corrected chi connectivity index (χ3v) is 5.84. The van der Waals surface area contributed by atoms with Crippen molar-refractivity contribution in [2.45, 2.75) is 58.3 Å². The minimum absolute atomic E-state index is 0.0244. The highest BCUT2D eigenvalue weighted by Gasteiger charge is 2.38. The maximum atomic E-state index is 12.6. The van der Waals surface area contributed by atoms with Gasteiger partial charge >= 0.3 is 0 Å². The number of hydrogen-bond acceptors (Lipinski definition) is 3. The van der Waals surface area contributed by atoms with Gasteiger partial charge in [-0.3, -0.25) is 0 Å². The summed E-state index contributed by atoms with van der Waals surface area (Å²) in [7, 11) is -3.31. The first-order chi connectivity index (χ1) is 8.41. The summed E-state index contributed by atoms with van der Waals surface area (Å²) in [5, 5.41) is 0. The standard InChI is InChI=1S/C12H24N2O3S/c1-10-6-4-5-7-14(10)18(15,16)13-8-11(2)17-12(3)9-13/h10-12H,4-9H2,1-3H3/t10-,11-,12+/m0/s1. The quantitative estimate of drug-likeness (QED) is 0.762. The van der Waals surface area contributed by atoms with Crippen LogP contribution in [0.3, 0.4) is 0 Å². The van der Waals surface area contributed by atoms with Crippen LogP contribution in [0.25, 0.3) is 0 Å². The van der Waals surface area contributed by atoms with Gasteiger partial charge in [0.15, 0.2) is 0 Å². The average Bonchev–Trinajstić information content (AvgIpc) is 2.28. The van der Waals surface area contributed by atoms with Gasteiger partial charge in [-0.2, -0.15) is 17.0 Å². The summed E-state index contributed by atoms with van der Waals surface area (Å²) in [5.41, 5.74) is 0. The van der Waals surface area contributed by atoms with Gasteiger partial charge in [-0.15, -0.1) is 0 Å². The van der Waals surface area contributed by atoms with E-state index in [2.05, 4.69) is 0 Å². The number of morpholine rings is 1. The largest absolute Gasteiger partial charge is 0.373 e. The van der Waals surface area contributed by atoms with E-state index in [9.17, 15) is 8.42 Å². The zero-order chi connectivity index (χ0) is 13.3. The summed E-state index contributed by atoms with van der Waals surface area (Å²) in [6, 6.07) is 0.122. The molecule has 2 aliphatic heterocycles. The molecule has 5 nitrogen and oxygen atoms in total. The number of hydrogen-bond donors (Lipinski definition) is 0. The van der Waals surface area contributed by atoms with Crippen molar-refractivity contribution >= 4 is 10.2 Å². The van der Waals surface area contributed by atoms with Crippen LogP contribution < -0.4 is 0 Å². The molecule has 3 atom stereocenters. The number of rotatable bonds is 2. The molecule has 0 unspecified atom stereocenters. The van der Waals surface area contributed by atoms with Crippen molar-refractivity contribution < 1.29 is 13.2 Å². The van der Waals surface area contributed by atoms with Gasteiger partial charge in [-0.1, -0.05) is 6.42 Å². The molecule has 2 saturated heterocycles. The summed E-state index contributed by atoms with van der Waals surface area (Å²) in [4.78, 5) is 0. The zero-order valence-electron chi connectivity index (χ0n) is 11.5. The van der Waals surface area contributed by atoms with Crippen LogP contribution in [-0.4, -0.2) is 54.9 Å². The van der Waals surface area contributed by atoms with Crippen molar-refractivity contribution in [2.24, 2.45) is 0 Å². The molecule has 0 amide bonds. The second kappa shape index (κ2) is 5.45. The van der Waals surface area contributed by atoms with Crippen LogP contribution in [0.2, 0.25) is 0 Å². The minimum Gasteiger partial charge on any atom is -0.373 e. The van der Waals surface area contributed by atoms with Crippen LogP contribution in [0.15, 0.2) is 0 Å². The maximum absolute atomic E-state index is 12.6. The molecule has 0 spiro atoms. The van der Waals surface area contributed by atoms with Gasteiger partial charge in [0, 0.05) is 25.7 Å². The number of nitrogens with zero attached hydrogens (tertiary/aromatic N) is 2. The normalized spacial score (nSPS) is 36.7. The summed E-state index contributed by atoms with van der Waals surface area (Å²) >= 11 is 0. The van der Waals surface area contributed by atoms with E-state index in [4.69, 9.17) is 4.74 Å². The summed E-state index contributed by atoms with van der Waals surface area (Å²) in [5.74, 6) is 0. The van der Waals surface area contributed by atoms with E-state index in [1.54, 1.807) is 8.61 Å². The fraction of sp³-hybridized carbons (Fsp3) is 1.00. The van der Waals surface area contributed by atoms with E-state index in [0.29, 0.717) is 19.6 Å². The van der Waals surface area contributed by atoms with Crippen LogP contribution in [0.5, 0.6) is 0 Å². The molecule has 0 N–H and O–H groups in total. The third kappa shape index (κ3) is 2.87. The molecular weight excluding hydrogens is 252 g/mol. The fourth-order valence-electron chi connectivity index (χ4n) is 2.88. The lowest BCUT2D eigenvalue weighted by molar-refractivity contribution is -0.0459. The Balaban J connectivity index is 2.14. The SMILES string of the molecule is C[C@@H]1CN(S(=O)(=O)N2CCCC[C@@H]2C)C[C@H](C)O1. The minimum atomic E-state index is -3.31. The highest BCUT2D eigenvalue weighted by molar-refractivity contribution is 7.86. The predicted molar refractivity (Wildman–Crippen MR) is 70.5 cm³/mol. The Hall–Kier alpha value is -0.170. The van der Waals surface area contributed by atoms with E-state index in [0.717, 1.165) is 19.3 Å². The van der Waals surface area contributed by atoms with Gasteiger partial charge in [-0.25, -0.2) is 0 Å². The molecule has 18 heavy (non-hydrogen) atoms. The molecule has 0 radical (unpaired) electrons. The highest BCUT2D eigenvalue weighted by atomic mass is 32.2. The van der Waals surface area contributed by atoms with Gasteiger partial charge in [0.2, 0.25) is 0 Å². The van der Waals surface area contributed by atoms with Gasteiger partial charge in [0.05, 0.1) is 12.2 Å². The molecule has 0 bridgehead atoms. The van der Waals surface area contributed by atoms with E-state index in [-0.39, 0.29) is 18.2 Å². The Kier molecular flexibility index (Phi) is 4.31. The number of piperidine rings is 1. The van der Waals surface area contributed by atoms with Crippen molar-refractivity contribution in [3.63, 3.8) is 0 Å². The Morgan fingerprint density at radius 2 is 1.67 bits per heavy atom. The van der Waals surface area contributed by atoms with E-state index in [1.165, 1.54) is 0 Å². The smallest absolute Gasteiger partial charge is 0.282 e. The van der Waals surface area contributed by atoms with Crippen LogP contribution in [0.4, 0.5) is 0 Å². The molecule has 6 heteroatoms. The molecule has 0 aliphatic carbocycles. The van der Waals surface area contributed by atoms with Crippen LogP contribution in [-0.2, 0) is 14.9 Å². The van der Waals surface area contributed by atoms with Gasteiger partial charge in [0.1, 0.15) is 0 Å². The average molecular weight is 276 g/mol. The first-order valence-electron chi connectivity index (χ1n) is 6.83. The Bertz CT molecular complexity index is 375. The maximum Gasteiger partial charge on any atom is 0.282 e. The second-order valence-corrected chi connectivity index (χ2v) is 7.42. The molecule has 2 fully saturated rings. The summed E-state index contributed by atoms with van der Waals surface area (Å²) < 4.78 is 34.1. The molecule has 106 valence electrons. The third-order valence-electron chi connectivity index (χ3n) is 3.75. The second-order valence-electron chi connectivity index (χ2n) is 5.54. The molecule has 2 heterocycles. The Morgan fingerprint density at radius 3 is 2.22 bits per heavy atom. The van der Waals surface area contributed by atoms with Gasteiger partial charge in [-0.05, 0) is 33.6 Å². The fourth-order valence-corrected chi connectivity index (χ4v) is 4.90.